The minimum absolute atomic E-state index is 0.0372. The van der Waals surface area contributed by atoms with Gasteiger partial charge in [0.2, 0.25) is 0 Å². The van der Waals surface area contributed by atoms with Crippen molar-refractivity contribution in [3.8, 4) is 5.75 Å². The van der Waals surface area contributed by atoms with Crippen molar-refractivity contribution in [1.82, 2.24) is 4.98 Å². The van der Waals surface area contributed by atoms with Crippen LogP contribution in [0.3, 0.4) is 0 Å². The second-order valence-electron chi connectivity index (χ2n) is 8.69. The van der Waals surface area contributed by atoms with E-state index in [1.165, 1.54) is 0 Å². The van der Waals surface area contributed by atoms with E-state index in [2.05, 4.69) is 4.98 Å². The Morgan fingerprint density at radius 1 is 1.19 bits per heavy atom. The molecule has 31 heavy (non-hydrogen) atoms. The highest BCUT2D eigenvalue weighted by atomic mass is 16.5. The average molecular weight is 421 g/mol. The van der Waals surface area contributed by atoms with Gasteiger partial charge in [0.25, 0.3) is 0 Å². The number of hydrogen-bond acceptors (Lipinski definition) is 5. The number of carbonyl (C=O) groups excluding carboxylic acids is 1. The van der Waals surface area contributed by atoms with E-state index in [1.54, 1.807) is 0 Å². The van der Waals surface area contributed by atoms with Crippen molar-refractivity contribution in [2.75, 3.05) is 26.4 Å². The van der Waals surface area contributed by atoms with Gasteiger partial charge in [-0.2, -0.15) is 0 Å². The van der Waals surface area contributed by atoms with Crippen molar-refractivity contribution < 1.29 is 24.5 Å². The van der Waals surface area contributed by atoms with Crippen molar-refractivity contribution in [3.63, 3.8) is 0 Å². The first-order chi connectivity index (χ1) is 15.0. The van der Waals surface area contributed by atoms with Crippen molar-refractivity contribution in [1.29, 1.82) is 0 Å². The first-order valence-corrected chi connectivity index (χ1v) is 10.8. The summed E-state index contributed by atoms with van der Waals surface area (Å²) >= 11 is 0. The zero-order chi connectivity index (χ0) is 21.6. The van der Waals surface area contributed by atoms with E-state index in [9.17, 15) is 9.90 Å². The number of ketones is 1. The molecule has 162 valence electrons. The number of fused-ring (bicyclic) bond motifs is 6. The van der Waals surface area contributed by atoms with Crippen LogP contribution in [0.2, 0.25) is 0 Å². The fourth-order valence-corrected chi connectivity index (χ4v) is 4.97. The first-order valence-electron chi connectivity index (χ1n) is 10.8. The molecule has 0 unspecified atom stereocenters. The number of hydrogen-bond donors (Lipinski definition) is 3. The van der Waals surface area contributed by atoms with Crippen LogP contribution in [0.15, 0.2) is 42.5 Å². The zero-order valence-electron chi connectivity index (χ0n) is 17.6. The molecular weight excluding hydrogens is 394 g/mol. The number of aliphatic hydroxyl groups is 2. The lowest BCUT2D eigenvalue weighted by atomic mass is 9.64. The number of H-pyrrole nitrogens is 1. The van der Waals surface area contributed by atoms with Crippen LogP contribution in [0.25, 0.3) is 10.9 Å². The van der Waals surface area contributed by atoms with Gasteiger partial charge in [0, 0.05) is 46.7 Å². The standard InChI is InChI=1S/C25H27NO5/c1-15(21(28)13-27)14-31-16-6-7-17-19(12-16)25(8-10-30-11-9-25)24-22(23(17)29)18-4-2-3-5-20(18)26-24/h2-7,12,15,21,26-28H,8-11,13-14H2,1H3/t15-,21-/m1/s1. The van der Waals surface area contributed by atoms with Crippen LogP contribution < -0.4 is 4.74 Å². The lowest BCUT2D eigenvalue weighted by Gasteiger charge is -2.41. The molecule has 0 amide bonds. The molecule has 2 atom stereocenters. The van der Waals surface area contributed by atoms with E-state index < -0.39 is 6.10 Å². The summed E-state index contributed by atoms with van der Waals surface area (Å²) in [7, 11) is 0. The Labute approximate surface area is 180 Å². The molecule has 1 aromatic heterocycles. The number of carbonyl (C=O) groups is 1. The molecule has 0 radical (unpaired) electrons. The van der Waals surface area contributed by atoms with Gasteiger partial charge in [-0.25, -0.2) is 0 Å². The quantitative estimate of drug-likeness (QED) is 0.589. The van der Waals surface area contributed by atoms with Crippen LogP contribution >= 0.6 is 0 Å². The van der Waals surface area contributed by atoms with Gasteiger partial charge in [0.1, 0.15) is 5.75 Å². The molecule has 1 fully saturated rings. The van der Waals surface area contributed by atoms with Crippen LogP contribution in [0.5, 0.6) is 5.75 Å². The lowest BCUT2D eigenvalue weighted by molar-refractivity contribution is 0.0347. The summed E-state index contributed by atoms with van der Waals surface area (Å²) in [6.45, 7) is 3.08. The van der Waals surface area contributed by atoms with Crippen LogP contribution in [0.4, 0.5) is 0 Å². The number of aliphatic hydroxyl groups excluding tert-OH is 2. The number of nitrogens with one attached hydrogen (secondary N) is 1. The highest BCUT2D eigenvalue weighted by Gasteiger charge is 2.46. The Morgan fingerprint density at radius 3 is 2.74 bits per heavy atom. The summed E-state index contributed by atoms with van der Waals surface area (Å²) < 4.78 is 11.6. The second kappa shape index (κ2) is 7.79. The van der Waals surface area contributed by atoms with E-state index in [-0.39, 0.29) is 30.3 Å². The van der Waals surface area contributed by atoms with Gasteiger partial charge in [0.05, 0.1) is 24.9 Å². The monoisotopic (exact) mass is 421 g/mol. The maximum absolute atomic E-state index is 13.6. The molecule has 0 saturated carbocycles. The summed E-state index contributed by atoms with van der Waals surface area (Å²) in [5, 5.41) is 19.9. The molecule has 5 rings (SSSR count). The average Bonchev–Trinajstić information content (AvgIpc) is 3.22. The Bertz CT molecular complexity index is 1130. The largest absolute Gasteiger partial charge is 0.493 e. The molecule has 6 heteroatoms. The highest BCUT2D eigenvalue weighted by Crippen LogP contribution is 2.50. The predicted octanol–water partition coefficient (Wildman–Crippen LogP) is 3.18. The lowest BCUT2D eigenvalue weighted by Crippen LogP contribution is -2.40. The van der Waals surface area contributed by atoms with Crippen LogP contribution in [-0.4, -0.2) is 53.5 Å². The van der Waals surface area contributed by atoms with E-state index in [0.717, 1.165) is 46.1 Å². The topological polar surface area (TPSA) is 91.8 Å². The summed E-state index contributed by atoms with van der Waals surface area (Å²) in [4.78, 5) is 17.1. The van der Waals surface area contributed by atoms with Gasteiger partial charge < -0.3 is 24.7 Å². The summed E-state index contributed by atoms with van der Waals surface area (Å²) in [6, 6.07) is 13.6. The molecule has 1 aliphatic carbocycles. The number of aromatic amines is 1. The number of ether oxygens (including phenoxy) is 2. The molecule has 0 bridgehead atoms. The van der Waals surface area contributed by atoms with E-state index in [0.29, 0.717) is 19.0 Å². The molecule has 1 saturated heterocycles. The molecule has 1 aliphatic heterocycles. The summed E-state index contributed by atoms with van der Waals surface area (Å²) in [6.07, 6.45) is 0.752. The van der Waals surface area contributed by atoms with E-state index in [1.807, 2.05) is 49.4 Å². The van der Waals surface area contributed by atoms with Crippen molar-refractivity contribution >= 4 is 16.7 Å². The van der Waals surface area contributed by atoms with Crippen LogP contribution in [-0.2, 0) is 10.2 Å². The maximum atomic E-state index is 13.6. The number of rotatable bonds is 5. The number of aromatic nitrogens is 1. The minimum Gasteiger partial charge on any atom is -0.493 e. The number of para-hydroxylation sites is 1. The van der Waals surface area contributed by atoms with E-state index >= 15 is 0 Å². The van der Waals surface area contributed by atoms with E-state index in [4.69, 9.17) is 14.6 Å². The molecule has 6 nitrogen and oxygen atoms in total. The van der Waals surface area contributed by atoms with Crippen LogP contribution in [0, 0.1) is 5.92 Å². The molecule has 1 spiro atoms. The van der Waals surface area contributed by atoms with Gasteiger partial charge in [-0.3, -0.25) is 4.79 Å². The third-order valence-electron chi connectivity index (χ3n) is 6.87. The van der Waals surface area contributed by atoms with Gasteiger partial charge in [-0.1, -0.05) is 25.1 Å². The molecular formula is C25H27NO5. The molecule has 2 aromatic carbocycles. The molecule has 2 aliphatic rings. The fourth-order valence-electron chi connectivity index (χ4n) is 4.97. The normalized spacial score (nSPS) is 19.1. The fraction of sp³-hybridized carbons (Fsp3) is 0.400. The Kier molecular flexibility index (Phi) is 5.08. The van der Waals surface area contributed by atoms with Crippen molar-refractivity contribution in [2.45, 2.75) is 31.3 Å². The van der Waals surface area contributed by atoms with Crippen molar-refractivity contribution in [3.05, 3.63) is 64.8 Å². The first kappa shape index (κ1) is 20.2. The molecule has 3 aromatic rings. The van der Waals surface area contributed by atoms with Crippen LogP contribution in [0.1, 0.15) is 46.9 Å². The van der Waals surface area contributed by atoms with Gasteiger partial charge in [-0.15, -0.1) is 0 Å². The Hall–Kier alpha value is -2.67. The van der Waals surface area contributed by atoms with Gasteiger partial charge in [-0.05, 0) is 42.7 Å². The smallest absolute Gasteiger partial charge is 0.195 e. The third kappa shape index (κ3) is 3.17. The number of benzene rings is 2. The third-order valence-corrected chi connectivity index (χ3v) is 6.87. The van der Waals surface area contributed by atoms with Crippen molar-refractivity contribution in [2.24, 2.45) is 5.92 Å². The molecule has 3 N–H and O–H groups in total. The predicted molar refractivity (Wildman–Crippen MR) is 117 cm³/mol. The Balaban J connectivity index is 1.60. The summed E-state index contributed by atoms with van der Waals surface area (Å²) in [5.41, 5.74) is 4.10. The SMILES string of the molecule is C[C@H](COc1ccc2c(c1)C1(CCOCC1)c1[nH]c3ccccc3c1C2=O)[C@H](O)CO. The zero-order valence-corrected chi connectivity index (χ0v) is 17.6. The van der Waals surface area contributed by atoms with Gasteiger partial charge in [0.15, 0.2) is 5.78 Å². The Morgan fingerprint density at radius 2 is 1.97 bits per heavy atom. The highest BCUT2D eigenvalue weighted by molar-refractivity contribution is 6.20. The minimum atomic E-state index is -0.824. The summed E-state index contributed by atoms with van der Waals surface area (Å²) in [5.74, 6) is 0.490. The maximum Gasteiger partial charge on any atom is 0.195 e. The molecule has 2 heterocycles. The van der Waals surface area contributed by atoms with Gasteiger partial charge >= 0.3 is 0 Å². The second-order valence-corrected chi connectivity index (χ2v) is 8.69.